The Bertz CT molecular complexity index is 862. The van der Waals surface area contributed by atoms with Crippen molar-refractivity contribution in [1.29, 1.82) is 0 Å². The van der Waals surface area contributed by atoms with Crippen LogP contribution in [-0.4, -0.2) is 20.5 Å². The molecule has 0 atom stereocenters. The van der Waals surface area contributed by atoms with E-state index in [1.54, 1.807) is 12.1 Å². The van der Waals surface area contributed by atoms with Crippen molar-refractivity contribution in [3.63, 3.8) is 0 Å². The minimum absolute atomic E-state index is 0.178. The highest BCUT2D eigenvalue weighted by atomic mass is 19.1. The van der Waals surface area contributed by atoms with Crippen LogP contribution in [0.15, 0.2) is 42.7 Å². The molecule has 0 spiro atoms. The van der Waals surface area contributed by atoms with E-state index in [0.29, 0.717) is 6.04 Å². The Morgan fingerprint density at radius 2 is 1.83 bits per heavy atom. The maximum atomic E-state index is 13.1. The van der Waals surface area contributed by atoms with Gasteiger partial charge in [-0.2, -0.15) is 0 Å². The van der Waals surface area contributed by atoms with Crippen LogP contribution in [0, 0.1) is 19.7 Å². The molecule has 0 saturated heterocycles. The Morgan fingerprint density at radius 3 is 2.54 bits per heavy atom. The van der Waals surface area contributed by atoms with Crippen LogP contribution in [0.25, 0.3) is 11.0 Å². The van der Waals surface area contributed by atoms with Gasteiger partial charge >= 0.3 is 0 Å². The molecule has 1 aliphatic carbocycles. The average molecular weight is 323 g/mol. The second kappa shape index (κ2) is 6.02. The molecule has 24 heavy (non-hydrogen) atoms. The fourth-order valence-electron chi connectivity index (χ4n) is 3.18. The number of aryl methyl sites for hydroxylation is 2. The van der Waals surface area contributed by atoms with Crippen LogP contribution in [0.3, 0.4) is 0 Å². The zero-order valence-electron chi connectivity index (χ0n) is 14.2. The summed E-state index contributed by atoms with van der Waals surface area (Å²) in [6.45, 7) is 5.93. The molecule has 0 N–H and O–H groups in total. The number of aromatic nitrogens is 2. The summed E-state index contributed by atoms with van der Waals surface area (Å²) in [5.74, 6) is -0.178. The molecule has 0 bridgehead atoms. The first-order valence-corrected chi connectivity index (χ1v) is 8.51. The molecule has 0 unspecified atom stereocenters. The van der Waals surface area contributed by atoms with E-state index < -0.39 is 0 Å². The molecule has 3 nitrogen and oxygen atoms in total. The summed E-state index contributed by atoms with van der Waals surface area (Å²) in [5, 5.41) is 0. The maximum absolute atomic E-state index is 13.1. The van der Waals surface area contributed by atoms with Crippen LogP contribution in [0.2, 0.25) is 0 Å². The number of fused-ring (bicyclic) bond motifs is 1. The first-order valence-electron chi connectivity index (χ1n) is 8.51. The summed E-state index contributed by atoms with van der Waals surface area (Å²) in [4.78, 5) is 7.02. The molecular weight excluding hydrogens is 301 g/mol. The second-order valence-electron chi connectivity index (χ2n) is 6.89. The van der Waals surface area contributed by atoms with Crippen molar-refractivity contribution >= 4 is 11.0 Å². The summed E-state index contributed by atoms with van der Waals surface area (Å²) in [6.07, 6.45) is 4.42. The molecule has 2 aromatic carbocycles. The van der Waals surface area contributed by atoms with Gasteiger partial charge in [-0.05, 0) is 67.6 Å². The zero-order valence-corrected chi connectivity index (χ0v) is 14.2. The Balaban J connectivity index is 1.59. The SMILES string of the molecule is Cc1cc2ncn(CN(Cc3ccc(F)cc3)C3CC3)c2cc1C. The summed E-state index contributed by atoms with van der Waals surface area (Å²) in [6, 6.07) is 11.8. The van der Waals surface area contributed by atoms with E-state index in [9.17, 15) is 4.39 Å². The number of nitrogens with zero attached hydrogens (tertiary/aromatic N) is 3. The lowest BCUT2D eigenvalue weighted by Crippen LogP contribution is -2.28. The average Bonchev–Trinajstić information content (AvgIpc) is 3.34. The first kappa shape index (κ1) is 15.3. The topological polar surface area (TPSA) is 21.1 Å². The molecule has 1 heterocycles. The Hall–Kier alpha value is -2.20. The molecule has 4 rings (SSSR count). The Kier molecular flexibility index (Phi) is 3.85. The normalized spacial score (nSPS) is 14.7. The van der Waals surface area contributed by atoms with Gasteiger partial charge in [0, 0.05) is 12.6 Å². The molecule has 124 valence electrons. The van der Waals surface area contributed by atoms with Crippen molar-refractivity contribution < 1.29 is 4.39 Å². The smallest absolute Gasteiger partial charge is 0.123 e. The maximum Gasteiger partial charge on any atom is 0.123 e. The quantitative estimate of drug-likeness (QED) is 0.693. The van der Waals surface area contributed by atoms with Gasteiger partial charge in [0.05, 0.1) is 24.0 Å². The summed E-state index contributed by atoms with van der Waals surface area (Å²) < 4.78 is 15.3. The highest BCUT2D eigenvalue weighted by Gasteiger charge is 2.29. The number of rotatable bonds is 5. The molecule has 3 aromatic rings. The number of benzene rings is 2. The third-order valence-corrected chi connectivity index (χ3v) is 4.93. The van der Waals surface area contributed by atoms with Crippen LogP contribution in [0.1, 0.15) is 29.5 Å². The van der Waals surface area contributed by atoms with Crippen LogP contribution in [-0.2, 0) is 13.2 Å². The van der Waals surface area contributed by atoms with E-state index in [1.165, 1.54) is 29.5 Å². The zero-order chi connectivity index (χ0) is 16.7. The van der Waals surface area contributed by atoms with Gasteiger partial charge < -0.3 is 4.57 Å². The van der Waals surface area contributed by atoms with Gasteiger partial charge in [0.1, 0.15) is 5.82 Å². The molecule has 1 aromatic heterocycles. The number of halogens is 1. The van der Waals surface area contributed by atoms with E-state index in [-0.39, 0.29) is 5.82 Å². The largest absolute Gasteiger partial charge is 0.317 e. The summed E-state index contributed by atoms with van der Waals surface area (Å²) in [7, 11) is 0. The van der Waals surface area contributed by atoms with E-state index in [2.05, 4.69) is 40.4 Å². The van der Waals surface area contributed by atoms with Crippen LogP contribution in [0.5, 0.6) is 0 Å². The van der Waals surface area contributed by atoms with Crippen molar-refractivity contribution in [1.82, 2.24) is 14.5 Å². The lowest BCUT2D eigenvalue weighted by atomic mass is 10.1. The van der Waals surface area contributed by atoms with Crippen LogP contribution in [0.4, 0.5) is 4.39 Å². The molecule has 1 saturated carbocycles. The van der Waals surface area contributed by atoms with E-state index in [4.69, 9.17) is 0 Å². The molecular formula is C20H22FN3. The number of imidazole rings is 1. The van der Waals surface area contributed by atoms with Gasteiger partial charge in [0.25, 0.3) is 0 Å². The van der Waals surface area contributed by atoms with Crippen LogP contribution < -0.4 is 0 Å². The van der Waals surface area contributed by atoms with Crippen molar-refractivity contribution in [2.45, 2.75) is 45.9 Å². The molecule has 0 amide bonds. The van der Waals surface area contributed by atoms with Crippen molar-refractivity contribution in [2.24, 2.45) is 0 Å². The molecule has 4 heteroatoms. The van der Waals surface area contributed by atoms with E-state index in [1.807, 2.05) is 18.5 Å². The van der Waals surface area contributed by atoms with Crippen molar-refractivity contribution in [2.75, 3.05) is 0 Å². The van der Waals surface area contributed by atoms with Gasteiger partial charge in [-0.1, -0.05) is 12.1 Å². The van der Waals surface area contributed by atoms with E-state index >= 15 is 0 Å². The monoisotopic (exact) mass is 323 g/mol. The Labute approximate surface area is 141 Å². The van der Waals surface area contributed by atoms with Gasteiger partial charge in [0.15, 0.2) is 0 Å². The fraction of sp³-hybridized carbons (Fsp3) is 0.350. The van der Waals surface area contributed by atoms with Crippen molar-refractivity contribution in [3.8, 4) is 0 Å². The highest BCUT2D eigenvalue weighted by molar-refractivity contribution is 5.77. The lowest BCUT2D eigenvalue weighted by Gasteiger charge is -2.23. The number of hydrogen-bond donors (Lipinski definition) is 0. The van der Waals surface area contributed by atoms with Gasteiger partial charge in [0.2, 0.25) is 0 Å². The Morgan fingerprint density at radius 1 is 1.12 bits per heavy atom. The van der Waals surface area contributed by atoms with Gasteiger partial charge in [-0.25, -0.2) is 9.37 Å². The third kappa shape index (κ3) is 3.06. The lowest BCUT2D eigenvalue weighted by molar-refractivity contribution is 0.202. The predicted octanol–water partition coefficient (Wildman–Crippen LogP) is 4.41. The van der Waals surface area contributed by atoms with Crippen LogP contribution >= 0.6 is 0 Å². The minimum Gasteiger partial charge on any atom is -0.317 e. The van der Waals surface area contributed by atoms with E-state index in [0.717, 1.165) is 24.3 Å². The minimum atomic E-state index is -0.178. The first-order chi connectivity index (χ1) is 11.6. The summed E-state index contributed by atoms with van der Waals surface area (Å²) >= 11 is 0. The van der Waals surface area contributed by atoms with Gasteiger partial charge in [-0.15, -0.1) is 0 Å². The molecule has 1 aliphatic rings. The van der Waals surface area contributed by atoms with Crippen molar-refractivity contribution in [3.05, 3.63) is 65.2 Å². The standard InChI is InChI=1S/C20H22FN3/c1-14-9-19-20(10-15(14)2)24(12-22-19)13-23(18-7-8-18)11-16-3-5-17(21)6-4-16/h3-6,9-10,12,18H,7-8,11,13H2,1-2H3. The predicted molar refractivity (Wildman–Crippen MR) is 94.2 cm³/mol. The second-order valence-corrected chi connectivity index (χ2v) is 6.89. The summed E-state index contributed by atoms with van der Waals surface area (Å²) in [5.41, 5.74) is 5.96. The number of hydrogen-bond acceptors (Lipinski definition) is 2. The molecule has 0 aliphatic heterocycles. The molecule has 0 radical (unpaired) electrons. The fourth-order valence-corrected chi connectivity index (χ4v) is 3.18. The van der Waals surface area contributed by atoms with Gasteiger partial charge in [-0.3, -0.25) is 4.90 Å². The third-order valence-electron chi connectivity index (χ3n) is 4.93. The molecule has 1 fully saturated rings. The highest BCUT2D eigenvalue weighted by Crippen LogP contribution is 2.30.